The molecule has 0 unspecified atom stereocenters. The Labute approximate surface area is 70.4 Å². The summed E-state index contributed by atoms with van der Waals surface area (Å²) in [7, 11) is 0. The quantitative estimate of drug-likeness (QED) is 0.661. The van der Waals surface area contributed by atoms with E-state index in [9.17, 15) is 4.79 Å². The molecule has 0 fully saturated rings. The SMILES string of the molecule is CCOC(=O)c1cnccc1N. The molecule has 0 bridgehead atoms. The third-order valence-corrected chi connectivity index (χ3v) is 1.35. The highest BCUT2D eigenvalue weighted by Gasteiger charge is 2.09. The molecule has 0 amide bonds. The number of anilines is 1. The van der Waals surface area contributed by atoms with E-state index in [1.54, 1.807) is 13.0 Å². The fourth-order valence-corrected chi connectivity index (χ4v) is 0.785. The number of pyridine rings is 1. The number of nitrogens with zero attached hydrogens (tertiary/aromatic N) is 1. The van der Waals surface area contributed by atoms with Gasteiger partial charge in [0.2, 0.25) is 0 Å². The van der Waals surface area contributed by atoms with Crippen LogP contribution in [0.1, 0.15) is 17.3 Å². The third-order valence-electron chi connectivity index (χ3n) is 1.35. The molecule has 0 aliphatic heterocycles. The maximum Gasteiger partial charge on any atom is 0.341 e. The average Bonchev–Trinajstić information content (AvgIpc) is 2.05. The Kier molecular flexibility index (Phi) is 2.63. The predicted octanol–water partition coefficient (Wildman–Crippen LogP) is 0.841. The molecule has 12 heavy (non-hydrogen) atoms. The maximum atomic E-state index is 11.1. The van der Waals surface area contributed by atoms with Crippen molar-refractivity contribution in [3.05, 3.63) is 24.0 Å². The first-order valence-electron chi connectivity index (χ1n) is 3.62. The molecule has 1 aromatic rings. The van der Waals surface area contributed by atoms with Crippen molar-refractivity contribution in [2.45, 2.75) is 6.92 Å². The van der Waals surface area contributed by atoms with E-state index in [1.165, 1.54) is 12.4 Å². The molecule has 1 aromatic heterocycles. The first-order valence-corrected chi connectivity index (χ1v) is 3.62. The van der Waals surface area contributed by atoms with Crippen molar-refractivity contribution in [1.29, 1.82) is 0 Å². The normalized spacial score (nSPS) is 9.42. The molecular formula is C8H10N2O2. The van der Waals surface area contributed by atoms with Crippen LogP contribution in [0.25, 0.3) is 0 Å². The minimum Gasteiger partial charge on any atom is -0.462 e. The summed E-state index contributed by atoms with van der Waals surface area (Å²) in [6, 6.07) is 1.56. The van der Waals surface area contributed by atoms with E-state index in [4.69, 9.17) is 10.5 Å². The molecule has 0 spiro atoms. The van der Waals surface area contributed by atoms with Crippen LogP contribution in [0.2, 0.25) is 0 Å². The standard InChI is InChI=1S/C8H10N2O2/c1-2-12-8(11)6-5-10-4-3-7(6)9/h3-5H,2H2,1H3,(H2,9,10). The van der Waals surface area contributed by atoms with Crippen LogP contribution in [0, 0.1) is 0 Å². The molecule has 4 nitrogen and oxygen atoms in total. The average molecular weight is 166 g/mol. The van der Waals surface area contributed by atoms with Crippen LogP contribution in [-0.4, -0.2) is 17.6 Å². The first kappa shape index (κ1) is 8.52. The van der Waals surface area contributed by atoms with E-state index in [-0.39, 0.29) is 0 Å². The summed E-state index contributed by atoms with van der Waals surface area (Å²) in [6.07, 6.45) is 2.92. The summed E-state index contributed by atoms with van der Waals surface area (Å²) in [5, 5.41) is 0. The summed E-state index contributed by atoms with van der Waals surface area (Å²) in [6.45, 7) is 2.08. The smallest absolute Gasteiger partial charge is 0.341 e. The fourth-order valence-electron chi connectivity index (χ4n) is 0.785. The topological polar surface area (TPSA) is 65.2 Å². The first-order chi connectivity index (χ1) is 5.75. The number of aromatic nitrogens is 1. The van der Waals surface area contributed by atoms with Crippen molar-refractivity contribution in [3.63, 3.8) is 0 Å². The van der Waals surface area contributed by atoms with Crippen molar-refractivity contribution in [3.8, 4) is 0 Å². The molecule has 0 aliphatic rings. The lowest BCUT2D eigenvalue weighted by Crippen LogP contribution is -2.08. The van der Waals surface area contributed by atoms with Gasteiger partial charge in [-0.05, 0) is 13.0 Å². The van der Waals surface area contributed by atoms with Gasteiger partial charge in [0.25, 0.3) is 0 Å². The summed E-state index contributed by atoms with van der Waals surface area (Å²) >= 11 is 0. The Morgan fingerprint density at radius 1 is 1.75 bits per heavy atom. The number of hydrogen-bond acceptors (Lipinski definition) is 4. The molecule has 1 rings (SSSR count). The number of carbonyl (C=O) groups excluding carboxylic acids is 1. The zero-order valence-electron chi connectivity index (χ0n) is 6.78. The van der Waals surface area contributed by atoms with E-state index in [2.05, 4.69) is 4.98 Å². The zero-order chi connectivity index (χ0) is 8.97. The van der Waals surface area contributed by atoms with Gasteiger partial charge in [-0.3, -0.25) is 4.98 Å². The van der Waals surface area contributed by atoms with Gasteiger partial charge in [-0.15, -0.1) is 0 Å². The minimum absolute atomic E-state index is 0.319. The Balaban J connectivity index is 2.87. The van der Waals surface area contributed by atoms with Gasteiger partial charge in [-0.2, -0.15) is 0 Å². The molecule has 0 aromatic carbocycles. The van der Waals surface area contributed by atoms with Crippen molar-refractivity contribution < 1.29 is 9.53 Å². The summed E-state index contributed by atoms with van der Waals surface area (Å²) < 4.78 is 4.75. The van der Waals surface area contributed by atoms with Crippen LogP contribution < -0.4 is 5.73 Å². The molecule has 4 heteroatoms. The van der Waals surface area contributed by atoms with E-state index < -0.39 is 5.97 Å². The second kappa shape index (κ2) is 3.71. The number of carbonyl (C=O) groups is 1. The number of nitrogens with two attached hydrogens (primary N) is 1. The van der Waals surface area contributed by atoms with Gasteiger partial charge in [0.1, 0.15) is 5.56 Å². The van der Waals surface area contributed by atoms with Crippen LogP contribution in [0.15, 0.2) is 18.5 Å². The lowest BCUT2D eigenvalue weighted by Gasteiger charge is -2.02. The highest BCUT2D eigenvalue weighted by Crippen LogP contribution is 2.09. The Bertz CT molecular complexity index is 286. The molecule has 0 radical (unpaired) electrons. The number of esters is 1. The van der Waals surface area contributed by atoms with Gasteiger partial charge >= 0.3 is 5.97 Å². The second-order valence-corrected chi connectivity index (χ2v) is 2.18. The van der Waals surface area contributed by atoms with Gasteiger partial charge in [0.15, 0.2) is 0 Å². The Morgan fingerprint density at radius 2 is 2.50 bits per heavy atom. The van der Waals surface area contributed by atoms with Crippen LogP contribution in [0.5, 0.6) is 0 Å². The third kappa shape index (κ3) is 1.72. The summed E-state index contributed by atoms with van der Waals surface area (Å²) in [5.74, 6) is -0.428. The Morgan fingerprint density at radius 3 is 3.08 bits per heavy atom. The number of hydrogen-bond donors (Lipinski definition) is 1. The van der Waals surface area contributed by atoms with E-state index in [0.29, 0.717) is 17.9 Å². The highest BCUT2D eigenvalue weighted by molar-refractivity contribution is 5.94. The van der Waals surface area contributed by atoms with Crippen molar-refractivity contribution in [2.24, 2.45) is 0 Å². The number of rotatable bonds is 2. The fraction of sp³-hybridized carbons (Fsp3) is 0.250. The van der Waals surface area contributed by atoms with E-state index >= 15 is 0 Å². The monoisotopic (exact) mass is 166 g/mol. The molecule has 0 aliphatic carbocycles. The molecule has 64 valence electrons. The second-order valence-electron chi connectivity index (χ2n) is 2.18. The maximum absolute atomic E-state index is 11.1. The van der Waals surface area contributed by atoms with Gasteiger partial charge in [-0.1, -0.05) is 0 Å². The van der Waals surface area contributed by atoms with Gasteiger partial charge < -0.3 is 10.5 Å². The lowest BCUT2D eigenvalue weighted by atomic mass is 10.2. The lowest BCUT2D eigenvalue weighted by molar-refractivity contribution is 0.0527. The van der Waals surface area contributed by atoms with Gasteiger partial charge in [0.05, 0.1) is 6.61 Å². The van der Waals surface area contributed by atoms with E-state index in [0.717, 1.165) is 0 Å². The summed E-state index contributed by atoms with van der Waals surface area (Å²) in [4.78, 5) is 14.9. The van der Waals surface area contributed by atoms with Crippen molar-refractivity contribution in [1.82, 2.24) is 4.98 Å². The van der Waals surface area contributed by atoms with E-state index in [1.807, 2.05) is 0 Å². The molecule has 1 heterocycles. The number of ether oxygens (including phenoxy) is 1. The number of nitrogen functional groups attached to an aromatic ring is 1. The van der Waals surface area contributed by atoms with Crippen LogP contribution in [-0.2, 0) is 4.74 Å². The summed E-state index contributed by atoms with van der Waals surface area (Å²) in [5.41, 5.74) is 6.22. The molecule has 0 atom stereocenters. The van der Waals surface area contributed by atoms with Gasteiger partial charge in [0, 0.05) is 18.1 Å². The molecule has 0 saturated heterocycles. The zero-order valence-corrected chi connectivity index (χ0v) is 6.78. The largest absolute Gasteiger partial charge is 0.462 e. The highest BCUT2D eigenvalue weighted by atomic mass is 16.5. The van der Waals surface area contributed by atoms with Gasteiger partial charge in [-0.25, -0.2) is 4.79 Å². The van der Waals surface area contributed by atoms with Crippen molar-refractivity contribution >= 4 is 11.7 Å². The van der Waals surface area contributed by atoms with Crippen LogP contribution >= 0.6 is 0 Å². The minimum atomic E-state index is -0.428. The molecule has 2 N–H and O–H groups in total. The van der Waals surface area contributed by atoms with Crippen LogP contribution in [0.3, 0.4) is 0 Å². The van der Waals surface area contributed by atoms with Crippen LogP contribution in [0.4, 0.5) is 5.69 Å². The molecule has 0 saturated carbocycles. The Hall–Kier alpha value is -1.58. The molecular weight excluding hydrogens is 156 g/mol. The van der Waals surface area contributed by atoms with Crippen molar-refractivity contribution in [2.75, 3.05) is 12.3 Å². The predicted molar refractivity (Wildman–Crippen MR) is 44.6 cm³/mol.